The third kappa shape index (κ3) is 4.26. The zero-order valence-corrected chi connectivity index (χ0v) is 19.1. The van der Waals surface area contributed by atoms with Gasteiger partial charge in [0.1, 0.15) is 11.2 Å². The van der Waals surface area contributed by atoms with Crippen molar-refractivity contribution in [2.45, 2.75) is 44.4 Å². The fraction of sp³-hybridized carbons (Fsp3) is 0.304. The molecular weight excluding hydrogens is 434 g/mol. The van der Waals surface area contributed by atoms with Crippen LogP contribution in [0.4, 0.5) is 0 Å². The summed E-state index contributed by atoms with van der Waals surface area (Å²) in [5.74, 6) is -0.294. The van der Waals surface area contributed by atoms with Crippen molar-refractivity contribution in [1.29, 1.82) is 0 Å². The number of thiophene rings is 1. The van der Waals surface area contributed by atoms with Crippen molar-refractivity contribution in [1.82, 2.24) is 4.72 Å². The van der Waals surface area contributed by atoms with Crippen molar-refractivity contribution in [2.24, 2.45) is 5.92 Å². The van der Waals surface area contributed by atoms with E-state index in [-0.39, 0.29) is 10.8 Å². The molecule has 6 nitrogen and oxygen atoms in total. The predicted molar refractivity (Wildman–Crippen MR) is 124 cm³/mol. The largest absolute Gasteiger partial charge is 0.456 e. The van der Waals surface area contributed by atoms with Gasteiger partial charge < -0.3 is 14.6 Å². The monoisotopic (exact) mass is 459 g/mol. The van der Waals surface area contributed by atoms with Gasteiger partial charge in [0.2, 0.25) is 10.0 Å². The number of hydrogen-bond donors (Lipinski definition) is 3. The SMILES string of the molecule is CCc1ccc(-c2ccc3c(c2)oc2ccc(S(=O)(=O)N[C@H](C(C)C)C(O)O)cc23)s1. The fourth-order valence-electron chi connectivity index (χ4n) is 3.59. The maximum Gasteiger partial charge on any atom is 0.241 e. The van der Waals surface area contributed by atoms with Gasteiger partial charge in [-0.25, -0.2) is 13.1 Å². The lowest BCUT2D eigenvalue weighted by molar-refractivity contribution is -0.0718. The van der Waals surface area contributed by atoms with E-state index in [0.717, 1.165) is 22.2 Å². The Labute approximate surface area is 185 Å². The number of fused-ring (bicyclic) bond motifs is 3. The zero-order chi connectivity index (χ0) is 22.3. The molecule has 8 heteroatoms. The number of benzene rings is 2. The minimum absolute atomic E-state index is 0.0453. The first-order valence-corrected chi connectivity index (χ1v) is 12.4. The normalized spacial score (nSPS) is 13.6. The van der Waals surface area contributed by atoms with E-state index in [4.69, 9.17) is 4.42 Å². The van der Waals surface area contributed by atoms with E-state index in [1.165, 1.54) is 10.9 Å². The maximum absolute atomic E-state index is 12.9. The van der Waals surface area contributed by atoms with Gasteiger partial charge in [-0.3, -0.25) is 0 Å². The lowest BCUT2D eigenvalue weighted by atomic mass is 10.1. The fourth-order valence-corrected chi connectivity index (χ4v) is 5.94. The summed E-state index contributed by atoms with van der Waals surface area (Å²) < 4.78 is 34.1. The Hall–Kier alpha value is -2.23. The van der Waals surface area contributed by atoms with Crippen LogP contribution < -0.4 is 4.72 Å². The maximum atomic E-state index is 12.9. The first-order chi connectivity index (χ1) is 14.7. The van der Waals surface area contributed by atoms with Crippen LogP contribution in [0.2, 0.25) is 0 Å². The van der Waals surface area contributed by atoms with Gasteiger partial charge in [-0.05, 0) is 60.4 Å². The number of aliphatic hydroxyl groups is 2. The van der Waals surface area contributed by atoms with E-state index in [9.17, 15) is 18.6 Å². The van der Waals surface area contributed by atoms with Gasteiger partial charge in [-0.15, -0.1) is 11.3 Å². The second-order valence-corrected chi connectivity index (χ2v) is 10.8. The second kappa shape index (κ2) is 8.37. The summed E-state index contributed by atoms with van der Waals surface area (Å²) in [5.41, 5.74) is 2.34. The van der Waals surface area contributed by atoms with Crippen LogP contribution in [0.25, 0.3) is 32.4 Å². The number of aryl methyl sites for hydroxylation is 1. The number of rotatable bonds is 7. The molecule has 0 aliphatic heterocycles. The van der Waals surface area contributed by atoms with Crippen molar-refractivity contribution in [3.8, 4) is 10.4 Å². The predicted octanol–water partition coefficient (Wildman–Crippen LogP) is 4.49. The lowest BCUT2D eigenvalue weighted by Crippen LogP contribution is -2.46. The molecule has 0 fully saturated rings. The molecule has 0 saturated heterocycles. The molecule has 2 aromatic carbocycles. The van der Waals surface area contributed by atoms with Crippen LogP contribution >= 0.6 is 11.3 Å². The molecule has 0 radical (unpaired) electrons. The average Bonchev–Trinajstić information content (AvgIpc) is 3.35. The Bertz CT molecular complexity index is 1330. The molecule has 0 aliphatic rings. The molecule has 2 heterocycles. The Morgan fingerprint density at radius 1 is 1.00 bits per heavy atom. The highest BCUT2D eigenvalue weighted by atomic mass is 32.2. The van der Waals surface area contributed by atoms with Crippen LogP contribution in [0.5, 0.6) is 0 Å². The summed E-state index contributed by atoms with van der Waals surface area (Å²) in [4.78, 5) is 2.52. The molecule has 0 unspecified atom stereocenters. The van der Waals surface area contributed by atoms with Gasteiger partial charge in [0.05, 0.1) is 10.9 Å². The van der Waals surface area contributed by atoms with Crippen LogP contribution in [0.3, 0.4) is 0 Å². The molecule has 164 valence electrons. The van der Waals surface area contributed by atoms with Gasteiger partial charge >= 0.3 is 0 Å². The van der Waals surface area contributed by atoms with E-state index in [1.807, 2.05) is 18.2 Å². The molecule has 1 atom stereocenters. The van der Waals surface area contributed by atoms with Crippen molar-refractivity contribution in [3.05, 3.63) is 53.4 Å². The van der Waals surface area contributed by atoms with Crippen molar-refractivity contribution in [2.75, 3.05) is 0 Å². The summed E-state index contributed by atoms with van der Waals surface area (Å²) in [6.45, 7) is 5.56. The van der Waals surface area contributed by atoms with E-state index in [0.29, 0.717) is 16.6 Å². The molecular formula is C23H25NO5S2. The topological polar surface area (TPSA) is 99.8 Å². The number of hydrogen-bond acceptors (Lipinski definition) is 6. The number of aliphatic hydroxyl groups excluding tert-OH is 1. The van der Waals surface area contributed by atoms with Crippen LogP contribution in [0.1, 0.15) is 25.6 Å². The highest BCUT2D eigenvalue weighted by Gasteiger charge is 2.27. The summed E-state index contributed by atoms with van der Waals surface area (Å²) in [5, 5.41) is 20.6. The molecule has 0 spiro atoms. The molecule has 0 amide bonds. The van der Waals surface area contributed by atoms with Gasteiger partial charge in [-0.1, -0.05) is 26.8 Å². The third-order valence-electron chi connectivity index (χ3n) is 5.38. The summed E-state index contributed by atoms with van der Waals surface area (Å²) in [6, 6.07) is 13.8. The zero-order valence-electron chi connectivity index (χ0n) is 17.5. The standard InChI is InChI=1S/C23H25NO5S2/c1-4-15-6-10-21(30-15)14-5-8-17-18-12-16(7-9-19(18)29-20(17)11-14)31(27,28)24-22(13(2)3)23(25)26/h5-13,22-26H,4H2,1-3H3/t22-/m1/s1. The Morgan fingerprint density at radius 2 is 1.77 bits per heavy atom. The van der Waals surface area contributed by atoms with Crippen LogP contribution in [-0.2, 0) is 16.4 Å². The summed E-state index contributed by atoms with van der Waals surface area (Å²) >= 11 is 1.75. The molecule has 4 rings (SSSR count). The average molecular weight is 460 g/mol. The van der Waals surface area contributed by atoms with Crippen molar-refractivity contribution >= 4 is 43.3 Å². The summed E-state index contributed by atoms with van der Waals surface area (Å²) in [7, 11) is -3.95. The first-order valence-electron chi connectivity index (χ1n) is 10.1. The number of nitrogens with one attached hydrogen (secondary N) is 1. The minimum atomic E-state index is -3.95. The van der Waals surface area contributed by atoms with E-state index < -0.39 is 22.4 Å². The molecule has 0 aliphatic carbocycles. The van der Waals surface area contributed by atoms with E-state index in [2.05, 4.69) is 23.8 Å². The molecule has 0 bridgehead atoms. The van der Waals surface area contributed by atoms with E-state index >= 15 is 0 Å². The van der Waals surface area contributed by atoms with Gasteiger partial charge in [-0.2, -0.15) is 0 Å². The smallest absolute Gasteiger partial charge is 0.241 e. The van der Waals surface area contributed by atoms with Crippen LogP contribution in [0.15, 0.2) is 57.8 Å². The highest BCUT2D eigenvalue weighted by molar-refractivity contribution is 7.89. The third-order valence-corrected chi connectivity index (χ3v) is 8.11. The first kappa shape index (κ1) is 22.0. The Balaban J connectivity index is 1.74. The van der Waals surface area contributed by atoms with E-state index in [1.54, 1.807) is 37.3 Å². The van der Waals surface area contributed by atoms with Gasteiger partial charge in [0.15, 0.2) is 6.29 Å². The Morgan fingerprint density at radius 3 is 2.42 bits per heavy atom. The second-order valence-electron chi connectivity index (χ2n) is 7.90. The molecule has 31 heavy (non-hydrogen) atoms. The van der Waals surface area contributed by atoms with Crippen molar-refractivity contribution < 1.29 is 23.0 Å². The van der Waals surface area contributed by atoms with Crippen molar-refractivity contribution in [3.63, 3.8) is 0 Å². The quantitative estimate of drug-likeness (QED) is 0.354. The number of sulfonamides is 1. The number of furan rings is 1. The molecule has 2 aromatic heterocycles. The van der Waals surface area contributed by atoms with Crippen LogP contribution in [-0.4, -0.2) is 31.0 Å². The van der Waals surface area contributed by atoms with Gasteiger partial charge in [0, 0.05) is 20.5 Å². The lowest BCUT2D eigenvalue weighted by Gasteiger charge is -2.23. The minimum Gasteiger partial charge on any atom is -0.456 e. The Kier molecular flexibility index (Phi) is 5.93. The highest BCUT2D eigenvalue weighted by Crippen LogP contribution is 2.35. The molecule has 3 N–H and O–H groups in total. The molecule has 0 saturated carbocycles. The van der Waals surface area contributed by atoms with Crippen LogP contribution in [0, 0.1) is 5.92 Å². The van der Waals surface area contributed by atoms with Gasteiger partial charge in [0.25, 0.3) is 0 Å². The molecule has 4 aromatic rings. The summed E-state index contributed by atoms with van der Waals surface area (Å²) in [6.07, 6.45) is -0.800.